The summed E-state index contributed by atoms with van der Waals surface area (Å²) in [4.78, 5) is 0. The van der Waals surface area contributed by atoms with Gasteiger partial charge >= 0.3 is 6.18 Å². The van der Waals surface area contributed by atoms with Crippen molar-refractivity contribution in [3.63, 3.8) is 0 Å². The predicted octanol–water partition coefficient (Wildman–Crippen LogP) is 4.31. The van der Waals surface area contributed by atoms with E-state index in [1.165, 1.54) is 13.2 Å². The summed E-state index contributed by atoms with van der Waals surface area (Å²) < 4.78 is 43.6. The smallest absolute Gasteiger partial charge is 0.416 e. The van der Waals surface area contributed by atoms with Crippen molar-refractivity contribution >= 4 is 11.6 Å². The Morgan fingerprint density at radius 1 is 1.14 bits per heavy atom. The molecule has 0 N–H and O–H groups in total. The van der Waals surface area contributed by atoms with Crippen molar-refractivity contribution in [1.82, 2.24) is 10.2 Å². The monoisotopic (exact) mass is 328 g/mol. The molecule has 0 bridgehead atoms. The molecule has 1 aliphatic rings. The van der Waals surface area contributed by atoms with Crippen LogP contribution in [-0.2, 0) is 19.0 Å². The molecule has 0 spiro atoms. The van der Waals surface area contributed by atoms with Gasteiger partial charge in [-0.25, -0.2) is 0 Å². The summed E-state index contributed by atoms with van der Waals surface area (Å²) in [6.07, 6.45) is -1.90. The lowest BCUT2D eigenvalue weighted by Gasteiger charge is -2.14. The topological polar surface area (TPSA) is 35.0 Å². The van der Waals surface area contributed by atoms with Crippen molar-refractivity contribution < 1.29 is 17.9 Å². The van der Waals surface area contributed by atoms with E-state index in [0.29, 0.717) is 16.4 Å². The molecular formula is C15H12ClF3N2O. The molecular weight excluding hydrogens is 317 g/mol. The molecule has 1 heterocycles. The van der Waals surface area contributed by atoms with Gasteiger partial charge in [-0.05, 0) is 48.6 Å². The maximum atomic E-state index is 12.8. The van der Waals surface area contributed by atoms with E-state index in [0.717, 1.165) is 42.5 Å². The molecule has 22 heavy (non-hydrogen) atoms. The highest BCUT2D eigenvalue weighted by Gasteiger charge is 2.32. The maximum Gasteiger partial charge on any atom is 0.416 e. The van der Waals surface area contributed by atoms with Crippen LogP contribution in [0.15, 0.2) is 18.2 Å². The quantitative estimate of drug-likeness (QED) is 0.824. The number of methoxy groups -OCH3 is 1. The van der Waals surface area contributed by atoms with Gasteiger partial charge in [0.1, 0.15) is 11.4 Å². The molecule has 0 fully saturated rings. The van der Waals surface area contributed by atoms with Crippen LogP contribution in [0.3, 0.4) is 0 Å². The van der Waals surface area contributed by atoms with Gasteiger partial charge in [0.25, 0.3) is 0 Å². The fraction of sp³-hybridized carbons (Fsp3) is 0.333. The Balaban J connectivity index is 2.16. The minimum Gasteiger partial charge on any atom is -0.496 e. The van der Waals surface area contributed by atoms with Gasteiger partial charge in [0.15, 0.2) is 5.15 Å². The van der Waals surface area contributed by atoms with Gasteiger partial charge in [-0.2, -0.15) is 13.2 Å². The van der Waals surface area contributed by atoms with Crippen LogP contribution in [0, 0.1) is 0 Å². The van der Waals surface area contributed by atoms with Gasteiger partial charge < -0.3 is 4.74 Å². The number of nitrogens with zero attached hydrogens (tertiary/aromatic N) is 2. The van der Waals surface area contributed by atoms with Crippen molar-refractivity contribution in [3.05, 3.63) is 40.0 Å². The summed E-state index contributed by atoms with van der Waals surface area (Å²) in [5.41, 5.74) is 2.15. The van der Waals surface area contributed by atoms with Crippen LogP contribution in [0.4, 0.5) is 13.2 Å². The summed E-state index contributed by atoms with van der Waals surface area (Å²) >= 11 is 6.03. The van der Waals surface area contributed by atoms with E-state index in [-0.39, 0.29) is 5.75 Å². The van der Waals surface area contributed by atoms with Gasteiger partial charge in [0, 0.05) is 5.56 Å². The zero-order valence-electron chi connectivity index (χ0n) is 11.7. The fourth-order valence-electron chi connectivity index (χ4n) is 2.73. The molecule has 7 heteroatoms. The van der Waals surface area contributed by atoms with Crippen LogP contribution in [0.5, 0.6) is 5.75 Å². The van der Waals surface area contributed by atoms with Crippen molar-refractivity contribution in [2.45, 2.75) is 25.4 Å². The first kappa shape index (κ1) is 15.1. The second-order valence-electron chi connectivity index (χ2n) is 5.06. The SMILES string of the molecule is COc1cc(C(F)(F)F)ccc1-c1nnc(Cl)c2c1CCC2. The van der Waals surface area contributed by atoms with E-state index >= 15 is 0 Å². The number of fused-ring (bicyclic) bond motifs is 1. The Hall–Kier alpha value is -1.82. The first-order valence-corrected chi connectivity index (χ1v) is 7.09. The van der Waals surface area contributed by atoms with E-state index in [4.69, 9.17) is 16.3 Å². The van der Waals surface area contributed by atoms with Crippen molar-refractivity contribution in [2.75, 3.05) is 7.11 Å². The van der Waals surface area contributed by atoms with E-state index in [2.05, 4.69) is 10.2 Å². The number of halogens is 4. The predicted molar refractivity (Wildman–Crippen MR) is 76.1 cm³/mol. The fourth-order valence-corrected chi connectivity index (χ4v) is 2.97. The minimum atomic E-state index is -4.42. The molecule has 0 atom stereocenters. The lowest BCUT2D eigenvalue weighted by atomic mass is 10.0. The summed E-state index contributed by atoms with van der Waals surface area (Å²) in [6, 6.07) is 3.38. The molecule has 0 radical (unpaired) electrons. The normalized spacial score (nSPS) is 14.0. The van der Waals surface area contributed by atoms with Crippen LogP contribution in [-0.4, -0.2) is 17.3 Å². The van der Waals surface area contributed by atoms with Crippen molar-refractivity contribution in [3.8, 4) is 17.0 Å². The number of benzene rings is 1. The molecule has 0 saturated heterocycles. The number of hydrogen-bond donors (Lipinski definition) is 0. The molecule has 1 aromatic carbocycles. The minimum absolute atomic E-state index is 0.126. The van der Waals surface area contributed by atoms with Crippen molar-refractivity contribution in [2.24, 2.45) is 0 Å². The third-order valence-electron chi connectivity index (χ3n) is 3.77. The number of alkyl halides is 3. The van der Waals surface area contributed by atoms with Crippen LogP contribution in [0.25, 0.3) is 11.3 Å². The molecule has 0 saturated carbocycles. The molecule has 2 aromatic rings. The van der Waals surface area contributed by atoms with Crippen LogP contribution in [0.2, 0.25) is 5.15 Å². The Bertz CT molecular complexity index is 731. The van der Waals surface area contributed by atoms with E-state index in [1.807, 2.05) is 0 Å². The maximum absolute atomic E-state index is 12.8. The third-order valence-corrected chi connectivity index (χ3v) is 4.08. The summed E-state index contributed by atoms with van der Waals surface area (Å²) in [6.45, 7) is 0. The third kappa shape index (κ3) is 2.52. The molecule has 116 valence electrons. The highest BCUT2D eigenvalue weighted by molar-refractivity contribution is 6.30. The van der Waals surface area contributed by atoms with Crippen LogP contribution in [0.1, 0.15) is 23.1 Å². The molecule has 1 aromatic heterocycles. The molecule has 1 aliphatic carbocycles. The number of ether oxygens (including phenoxy) is 1. The van der Waals surface area contributed by atoms with Gasteiger partial charge in [-0.1, -0.05) is 11.6 Å². The number of aromatic nitrogens is 2. The van der Waals surface area contributed by atoms with Crippen molar-refractivity contribution in [1.29, 1.82) is 0 Å². The summed E-state index contributed by atoms with van der Waals surface area (Å²) in [5, 5.41) is 8.35. The lowest BCUT2D eigenvalue weighted by molar-refractivity contribution is -0.137. The van der Waals surface area contributed by atoms with E-state index in [9.17, 15) is 13.2 Å². The molecule has 3 rings (SSSR count). The van der Waals surface area contributed by atoms with Crippen LogP contribution < -0.4 is 4.74 Å². The standard InChI is InChI=1S/C15H12ClF3N2O/c1-22-12-7-8(15(17,18)19)5-6-11(12)13-9-3-2-4-10(9)14(16)21-20-13/h5-7H,2-4H2,1H3. The molecule has 0 unspecified atom stereocenters. The highest BCUT2D eigenvalue weighted by Crippen LogP contribution is 2.40. The largest absolute Gasteiger partial charge is 0.496 e. The first-order valence-electron chi connectivity index (χ1n) is 6.71. The highest BCUT2D eigenvalue weighted by atomic mass is 35.5. The average Bonchev–Trinajstić information content (AvgIpc) is 2.96. The molecule has 0 aliphatic heterocycles. The molecule has 0 amide bonds. The lowest BCUT2D eigenvalue weighted by Crippen LogP contribution is -2.06. The van der Waals surface area contributed by atoms with E-state index in [1.54, 1.807) is 0 Å². The van der Waals surface area contributed by atoms with E-state index < -0.39 is 11.7 Å². The second kappa shape index (κ2) is 5.43. The molecule has 3 nitrogen and oxygen atoms in total. The zero-order valence-corrected chi connectivity index (χ0v) is 12.4. The second-order valence-corrected chi connectivity index (χ2v) is 5.42. The Kier molecular flexibility index (Phi) is 3.72. The first-order chi connectivity index (χ1) is 10.4. The van der Waals surface area contributed by atoms with Gasteiger partial charge in [0.05, 0.1) is 12.7 Å². The summed E-state index contributed by atoms with van der Waals surface area (Å²) in [5.74, 6) is 0.126. The van der Waals surface area contributed by atoms with Gasteiger partial charge in [0.2, 0.25) is 0 Å². The van der Waals surface area contributed by atoms with Gasteiger partial charge in [-0.3, -0.25) is 0 Å². The Labute approximate surface area is 130 Å². The number of rotatable bonds is 2. The summed E-state index contributed by atoms with van der Waals surface area (Å²) in [7, 11) is 1.34. The van der Waals surface area contributed by atoms with Gasteiger partial charge in [-0.15, -0.1) is 10.2 Å². The average molecular weight is 329 g/mol. The zero-order chi connectivity index (χ0) is 15.9. The number of hydrogen-bond acceptors (Lipinski definition) is 3. The Morgan fingerprint density at radius 2 is 1.86 bits per heavy atom. The Morgan fingerprint density at radius 3 is 2.55 bits per heavy atom. The van der Waals surface area contributed by atoms with Crippen LogP contribution >= 0.6 is 11.6 Å².